The molecule has 0 fully saturated rings. The Bertz CT molecular complexity index is 1450. The number of aromatic nitrogens is 4. The van der Waals surface area contributed by atoms with Crippen molar-refractivity contribution < 1.29 is 56.4 Å². The first-order chi connectivity index (χ1) is 18.2. The lowest BCUT2D eigenvalue weighted by molar-refractivity contribution is -0.142. The summed E-state index contributed by atoms with van der Waals surface area (Å²) in [6.07, 6.45) is -1.16. The highest BCUT2D eigenvalue weighted by Crippen LogP contribution is 2.37. The summed E-state index contributed by atoms with van der Waals surface area (Å²) < 4.78 is 65.2. The van der Waals surface area contributed by atoms with Crippen LogP contribution >= 0.6 is 0 Å². The topological polar surface area (TPSA) is 168 Å². The summed E-state index contributed by atoms with van der Waals surface area (Å²) in [5.41, 5.74) is -1.71. The van der Waals surface area contributed by atoms with Crippen molar-refractivity contribution in [3.63, 3.8) is 0 Å². The van der Waals surface area contributed by atoms with Crippen LogP contribution in [0.4, 0.5) is 18.0 Å². The number of aromatic hydroxyl groups is 1. The van der Waals surface area contributed by atoms with E-state index in [0.29, 0.717) is 0 Å². The van der Waals surface area contributed by atoms with Gasteiger partial charge in [0.25, 0.3) is 5.88 Å². The van der Waals surface area contributed by atoms with Crippen molar-refractivity contribution in [1.82, 2.24) is 19.5 Å². The third kappa shape index (κ3) is 5.75. The van der Waals surface area contributed by atoms with E-state index in [9.17, 15) is 27.9 Å². The molecule has 4 rings (SSSR count). The fraction of sp³-hybridized carbons (Fsp3) is 0.227. The van der Waals surface area contributed by atoms with Crippen molar-refractivity contribution in [1.29, 1.82) is 0 Å². The maximum Gasteiger partial charge on any atom is 0.508 e. The molecule has 200 valence electrons. The number of rotatable bonds is 9. The van der Waals surface area contributed by atoms with Crippen molar-refractivity contribution in [3.05, 3.63) is 54.3 Å². The van der Waals surface area contributed by atoms with Gasteiger partial charge in [0.05, 0.1) is 24.1 Å². The van der Waals surface area contributed by atoms with E-state index in [0.717, 1.165) is 18.5 Å². The molecule has 0 unspecified atom stereocenters. The largest absolute Gasteiger partial charge is 0.508 e. The van der Waals surface area contributed by atoms with Gasteiger partial charge >= 0.3 is 18.3 Å². The number of aliphatic hydroxyl groups excluding tert-OH is 1. The van der Waals surface area contributed by atoms with E-state index in [1.54, 1.807) is 0 Å². The monoisotopic (exact) mass is 538 g/mol. The molecule has 0 aliphatic rings. The van der Waals surface area contributed by atoms with Crippen molar-refractivity contribution in [3.8, 4) is 28.6 Å². The number of imidazole rings is 1. The van der Waals surface area contributed by atoms with Crippen molar-refractivity contribution in [2.45, 2.75) is 6.18 Å². The highest BCUT2D eigenvalue weighted by Gasteiger charge is 2.38. The Kier molecular flexibility index (Phi) is 7.61. The van der Waals surface area contributed by atoms with Gasteiger partial charge in [-0.05, 0) is 12.1 Å². The predicted octanol–water partition coefficient (Wildman–Crippen LogP) is 3.20. The van der Waals surface area contributed by atoms with Crippen LogP contribution in [-0.4, -0.2) is 68.3 Å². The number of hydrogen-bond donors (Lipinski definition) is 2. The predicted molar refractivity (Wildman–Crippen MR) is 116 cm³/mol. The second-order valence-corrected chi connectivity index (χ2v) is 7.23. The second-order valence-electron chi connectivity index (χ2n) is 7.23. The Morgan fingerprint density at radius 2 is 1.84 bits per heavy atom. The molecule has 0 radical (unpaired) electrons. The number of phenolic OH excluding ortho intramolecular Hbond substituents is 1. The number of aliphatic hydroxyl groups is 1. The lowest BCUT2D eigenvalue weighted by atomic mass is 10.2. The number of halogens is 3. The fourth-order valence-corrected chi connectivity index (χ4v) is 3.16. The van der Waals surface area contributed by atoms with E-state index in [4.69, 9.17) is 14.6 Å². The fourth-order valence-electron chi connectivity index (χ4n) is 3.16. The molecule has 16 heteroatoms. The molecule has 0 saturated heterocycles. The summed E-state index contributed by atoms with van der Waals surface area (Å²) in [6, 6.07) is 3.61. The number of phenols is 1. The van der Waals surface area contributed by atoms with Gasteiger partial charge < -0.3 is 33.7 Å². The zero-order chi connectivity index (χ0) is 27.3. The third-order valence-corrected chi connectivity index (χ3v) is 4.76. The van der Waals surface area contributed by atoms with E-state index in [-0.39, 0.29) is 60.5 Å². The van der Waals surface area contributed by atoms with Gasteiger partial charge in [-0.3, -0.25) is 4.40 Å². The molecule has 0 bridgehead atoms. The molecule has 3 aromatic heterocycles. The van der Waals surface area contributed by atoms with Crippen LogP contribution in [-0.2, 0) is 20.4 Å². The molecule has 0 atom stereocenters. The van der Waals surface area contributed by atoms with Gasteiger partial charge in [-0.2, -0.15) is 13.2 Å². The molecular weight excluding hydrogens is 521 g/mol. The molecule has 0 spiro atoms. The van der Waals surface area contributed by atoms with Gasteiger partial charge in [-0.1, -0.05) is 5.16 Å². The summed E-state index contributed by atoms with van der Waals surface area (Å²) in [5, 5.41) is 21.8. The van der Waals surface area contributed by atoms with Crippen molar-refractivity contribution in [2.75, 3.05) is 26.4 Å². The van der Waals surface area contributed by atoms with Crippen LogP contribution in [0, 0.1) is 0 Å². The van der Waals surface area contributed by atoms with Crippen LogP contribution < -0.4 is 4.74 Å². The van der Waals surface area contributed by atoms with Crippen molar-refractivity contribution in [2.24, 2.45) is 0 Å². The first-order valence-electron chi connectivity index (χ1n) is 10.6. The molecule has 4 aromatic rings. The highest BCUT2D eigenvalue weighted by molar-refractivity contribution is 5.92. The second kappa shape index (κ2) is 11.0. The smallest absolute Gasteiger partial charge is 0.507 e. The third-order valence-electron chi connectivity index (χ3n) is 4.76. The van der Waals surface area contributed by atoms with Crippen LogP contribution in [0.5, 0.6) is 17.4 Å². The Morgan fingerprint density at radius 1 is 1.08 bits per heavy atom. The number of carbonyl (C=O) groups excluding carboxylic acids is 2. The van der Waals surface area contributed by atoms with Crippen LogP contribution in [0.2, 0.25) is 0 Å². The number of ether oxygens (including phenoxy) is 4. The molecule has 0 saturated carbocycles. The van der Waals surface area contributed by atoms with E-state index < -0.39 is 29.7 Å². The number of nitrogens with zero attached hydrogens (tertiary/aromatic N) is 4. The zero-order valence-electron chi connectivity index (χ0n) is 19.0. The Morgan fingerprint density at radius 3 is 2.58 bits per heavy atom. The number of carbonyl (C=O) groups is 2. The minimum Gasteiger partial charge on any atom is -0.507 e. The molecule has 0 amide bonds. The first-order valence-corrected chi connectivity index (χ1v) is 10.6. The van der Waals surface area contributed by atoms with Crippen molar-refractivity contribution >= 4 is 17.8 Å². The van der Waals surface area contributed by atoms with Gasteiger partial charge in [0.15, 0.2) is 5.69 Å². The van der Waals surface area contributed by atoms with Crippen LogP contribution in [0.3, 0.4) is 0 Å². The number of benzene rings is 1. The Labute approximate surface area is 209 Å². The molecule has 1 aromatic carbocycles. The Hall–Kier alpha value is -4.86. The molecule has 0 aliphatic carbocycles. The normalized spacial score (nSPS) is 11.4. The standard InChI is InChI=1S/C22H17F3N4O9/c23-22(24,25)17-14(11-37-28-17)15-10-27-18-19(26-3-4-29(15)18)38-12-1-2-13(16(31)9-12)20(32)34-7-8-36-21(33)35-6-5-30/h1-4,9-11,30-31H,5-8H2. The summed E-state index contributed by atoms with van der Waals surface area (Å²) in [5.74, 6) is -1.51. The van der Waals surface area contributed by atoms with E-state index in [1.165, 1.54) is 28.9 Å². The molecule has 0 aliphatic heterocycles. The van der Waals surface area contributed by atoms with E-state index >= 15 is 0 Å². The lowest BCUT2D eigenvalue weighted by Gasteiger charge is -2.10. The van der Waals surface area contributed by atoms with Gasteiger partial charge in [0.2, 0.25) is 5.65 Å². The number of esters is 1. The van der Waals surface area contributed by atoms with E-state index in [2.05, 4.69) is 29.1 Å². The highest BCUT2D eigenvalue weighted by atomic mass is 19.4. The Balaban J connectivity index is 1.45. The maximum absolute atomic E-state index is 13.2. The number of hydrogen-bond acceptors (Lipinski definition) is 12. The summed E-state index contributed by atoms with van der Waals surface area (Å²) in [7, 11) is 0. The average molecular weight is 538 g/mol. The number of alkyl halides is 3. The zero-order valence-corrected chi connectivity index (χ0v) is 19.0. The first kappa shape index (κ1) is 26.2. The van der Waals surface area contributed by atoms with Gasteiger partial charge in [0.1, 0.15) is 43.1 Å². The summed E-state index contributed by atoms with van der Waals surface area (Å²) >= 11 is 0. The van der Waals surface area contributed by atoms with Gasteiger partial charge in [0, 0.05) is 18.5 Å². The van der Waals surface area contributed by atoms with Gasteiger partial charge in [-0.25, -0.2) is 19.6 Å². The number of fused-ring (bicyclic) bond motifs is 1. The minimum absolute atomic E-state index is 0.0207. The minimum atomic E-state index is -4.75. The quantitative estimate of drug-likeness (QED) is 0.236. The average Bonchev–Trinajstić information content (AvgIpc) is 3.53. The van der Waals surface area contributed by atoms with Crippen LogP contribution in [0.1, 0.15) is 16.1 Å². The van der Waals surface area contributed by atoms with Gasteiger partial charge in [-0.15, -0.1) is 0 Å². The SMILES string of the molecule is O=C(OCCO)OCCOC(=O)c1ccc(Oc2nccn3c(-c4conc4C(F)(F)F)cnc23)cc1O. The van der Waals surface area contributed by atoms with Crippen LogP contribution in [0.15, 0.2) is 47.6 Å². The maximum atomic E-state index is 13.2. The van der Waals surface area contributed by atoms with Crippen LogP contribution in [0.25, 0.3) is 16.9 Å². The lowest BCUT2D eigenvalue weighted by Crippen LogP contribution is -2.16. The molecule has 13 nitrogen and oxygen atoms in total. The van der Waals surface area contributed by atoms with E-state index in [1.807, 2.05) is 0 Å². The summed E-state index contributed by atoms with van der Waals surface area (Å²) in [4.78, 5) is 31.4. The molecule has 3 heterocycles. The molecular formula is C22H17F3N4O9. The molecule has 2 N–H and O–H groups in total. The summed E-state index contributed by atoms with van der Waals surface area (Å²) in [6.45, 7) is -1.27. The molecule has 38 heavy (non-hydrogen) atoms.